The highest BCUT2D eigenvalue weighted by atomic mass is 14.9. The van der Waals surface area contributed by atoms with Crippen molar-refractivity contribution in [2.75, 3.05) is 7.05 Å². The van der Waals surface area contributed by atoms with Crippen LogP contribution >= 0.6 is 0 Å². The van der Waals surface area contributed by atoms with E-state index >= 15 is 0 Å². The van der Waals surface area contributed by atoms with Crippen LogP contribution in [0.25, 0.3) is 0 Å². The lowest BCUT2D eigenvalue weighted by atomic mass is 9.85. The molecule has 0 fully saturated rings. The fourth-order valence-electron chi connectivity index (χ4n) is 2.93. The molecule has 1 heteroatoms. The van der Waals surface area contributed by atoms with E-state index in [4.69, 9.17) is 0 Å². The summed E-state index contributed by atoms with van der Waals surface area (Å²) in [5.41, 5.74) is 4.69. The molecule has 0 saturated heterocycles. The van der Waals surface area contributed by atoms with Gasteiger partial charge in [-0.1, -0.05) is 38.5 Å². The summed E-state index contributed by atoms with van der Waals surface area (Å²) < 4.78 is 0. The van der Waals surface area contributed by atoms with Gasteiger partial charge in [0.2, 0.25) is 0 Å². The third kappa shape index (κ3) is 2.90. The summed E-state index contributed by atoms with van der Waals surface area (Å²) in [6.45, 7) is 4.62. The molecule has 1 nitrogen and oxygen atoms in total. The Morgan fingerprint density at radius 2 is 2.18 bits per heavy atom. The van der Waals surface area contributed by atoms with Crippen LogP contribution in [0.1, 0.15) is 55.7 Å². The van der Waals surface area contributed by atoms with Crippen molar-refractivity contribution in [2.24, 2.45) is 0 Å². The second kappa shape index (κ2) is 5.68. The first kappa shape index (κ1) is 12.6. The largest absolute Gasteiger partial charge is 0.317 e. The van der Waals surface area contributed by atoms with Gasteiger partial charge in [0.05, 0.1) is 0 Å². The normalized spacial score (nSPS) is 21.0. The zero-order chi connectivity index (χ0) is 12.3. The first-order valence-corrected chi connectivity index (χ1v) is 7.03. The Balaban J connectivity index is 2.15. The molecule has 17 heavy (non-hydrogen) atoms. The van der Waals surface area contributed by atoms with Crippen LogP contribution in [0.5, 0.6) is 0 Å². The Bertz CT molecular complexity index is 370. The average Bonchev–Trinajstić information content (AvgIpc) is 2.37. The highest BCUT2D eigenvalue weighted by molar-refractivity contribution is 5.36. The minimum atomic E-state index is 0.682. The second-order valence-electron chi connectivity index (χ2n) is 5.45. The zero-order valence-electron chi connectivity index (χ0n) is 11.4. The third-order valence-electron chi connectivity index (χ3n) is 4.16. The van der Waals surface area contributed by atoms with E-state index in [2.05, 4.69) is 44.4 Å². The number of aryl methyl sites for hydroxylation is 1. The Hall–Kier alpha value is -0.820. The van der Waals surface area contributed by atoms with Crippen LogP contribution in [0, 0.1) is 0 Å². The number of rotatable bonds is 4. The van der Waals surface area contributed by atoms with Crippen molar-refractivity contribution in [1.29, 1.82) is 0 Å². The molecule has 0 spiro atoms. The van der Waals surface area contributed by atoms with Crippen LogP contribution in [-0.4, -0.2) is 13.1 Å². The van der Waals surface area contributed by atoms with Gasteiger partial charge in [0.15, 0.2) is 0 Å². The van der Waals surface area contributed by atoms with Gasteiger partial charge in [-0.25, -0.2) is 0 Å². The number of benzene rings is 1. The second-order valence-corrected chi connectivity index (χ2v) is 5.45. The van der Waals surface area contributed by atoms with Crippen molar-refractivity contribution in [3.63, 3.8) is 0 Å². The Kier molecular flexibility index (Phi) is 4.22. The Morgan fingerprint density at radius 3 is 2.88 bits per heavy atom. The average molecular weight is 231 g/mol. The van der Waals surface area contributed by atoms with E-state index in [1.807, 2.05) is 0 Å². The highest BCUT2D eigenvalue weighted by Crippen LogP contribution is 2.27. The first-order valence-electron chi connectivity index (χ1n) is 7.03. The van der Waals surface area contributed by atoms with Gasteiger partial charge in [0.25, 0.3) is 0 Å². The van der Waals surface area contributed by atoms with Gasteiger partial charge in [0.1, 0.15) is 0 Å². The molecular weight excluding hydrogens is 206 g/mol. The van der Waals surface area contributed by atoms with Gasteiger partial charge in [-0.3, -0.25) is 0 Å². The minimum absolute atomic E-state index is 0.682. The van der Waals surface area contributed by atoms with Gasteiger partial charge >= 0.3 is 0 Å². The smallest absolute Gasteiger partial charge is 0.0108 e. The van der Waals surface area contributed by atoms with E-state index in [-0.39, 0.29) is 0 Å². The maximum absolute atomic E-state index is 3.40. The molecule has 0 aliphatic heterocycles. The van der Waals surface area contributed by atoms with E-state index in [1.165, 1.54) is 37.7 Å². The summed E-state index contributed by atoms with van der Waals surface area (Å²) in [5.74, 6) is 0.715. The van der Waals surface area contributed by atoms with Crippen LogP contribution in [-0.2, 0) is 12.8 Å². The summed E-state index contributed by atoms with van der Waals surface area (Å²) in [7, 11) is 2.08. The van der Waals surface area contributed by atoms with E-state index in [1.54, 1.807) is 11.1 Å². The molecule has 0 bridgehead atoms. The lowest BCUT2D eigenvalue weighted by Crippen LogP contribution is -2.31. The summed E-state index contributed by atoms with van der Waals surface area (Å²) in [6, 6.07) is 7.85. The topological polar surface area (TPSA) is 12.0 Å². The zero-order valence-corrected chi connectivity index (χ0v) is 11.4. The molecule has 2 rings (SSSR count). The van der Waals surface area contributed by atoms with Crippen molar-refractivity contribution in [2.45, 2.75) is 57.9 Å². The molecule has 1 N–H and O–H groups in total. The molecule has 0 aromatic heterocycles. The van der Waals surface area contributed by atoms with Crippen LogP contribution in [0.3, 0.4) is 0 Å². The summed E-state index contributed by atoms with van der Waals surface area (Å²) in [6.07, 6.45) is 6.31. The quantitative estimate of drug-likeness (QED) is 0.833. The molecule has 0 saturated carbocycles. The monoisotopic (exact) mass is 231 g/mol. The fourth-order valence-corrected chi connectivity index (χ4v) is 2.93. The maximum Gasteiger partial charge on any atom is 0.0108 e. The van der Waals surface area contributed by atoms with Crippen LogP contribution < -0.4 is 5.32 Å². The molecule has 0 heterocycles. The van der Waals surface area contributed by atoms with Crippen molar-refractivity contribution in [1.82, 2.24) is 5.32 Å². The molecule has 2 unspecified atom stereocenters. The molecule has 1 aromatic carbocycles. The molecule has 94 valence electrons. The molecule has 2 atom stereocenters. The highest BCUT2D eigenvalue weighted by Gasteiger charge is 2.17. The lowest BCUT2D eigenvalue weighted by Gasteiger charge is -2.25. The minimum Gasteiger partial charge on any atom is -0.317 e. The lowest BCUT2D eigenvalue weighted by molar-refractivity contribution is 0.495. The van der Waals surface area contributed by atoms with Crippen molar-refractivity contribution < 1.29 is 0 Å². The van der Waals surface area contributed by atoms with E-state index in [0.29, 0.717) is 12.0 Å². The van der Waals surface area contributed by atoms with E-state index < -0.39 is 0 Å². The SMILES string of the molecule is CCCC(C)c1ccc2c(c1)CCC(NC)C2. The summed E-state index contributed by atoms with van der Waals surface area (Å²) >= 11 is 0. The predicted octanol–water partition coefficient (Wildman–Crippen LogP) is 3.67. The Morgan fingerprint density at radius 1 is 1.35 bits per heavy atom. The van der Waals surface area contributed by atoms with E-state index in [0.717, 1.165) is 0 Å². The number of hydrogen-bond donors (Lipinski definition) is 1. The summed E-state index contributed by atoms with van der Waals surface area (Å²) in [5, 5.41) is 3.40. The molecular formula is C16H25N. The predicted molar refractivity (Wildman–Crippen MR) is 74.6 cm³/mol. The van der Waals surface area contributed by atoms with Crippen molar-refractivity contribution >= 4 is 0 Å². The number of hydrogen-bond acceptors (Lipinski definition) is 1. The third-order valence-corrected chi connectivity index (χ3v) is 4.16. The van der Waals surface area contributed by atoms with Crippen molar-refractivity contribution in [3.8, 4) is 0 Å². The summed E-state index contributed by atoms with van der Waals surface area (Å²) in [4.78, 5) is 0. The van der Waals surface area contributed by atoms with E-state index in [9.17, 15) is 0 Å². The van der Waals surface area contributed by atoms with Crippen LogP contribution in [0.2, 0.25) is 0 Å². The van der Waals surface area contributed by atoms with Gasteiger partial charge < -0.3 is 5.32 Å². The van der Waals surface area contributed by atoms with Gasteiger partial charge in [-0.2, -0.15) is 0 Å². The number of fused-ring (bicyclic) bond motifs is 1. The van der Waals surface area contributed by atoms with Crippen LogP contribution in [0.15, 0.2) is 18.2 Å². The van der Waals surface area contributed by atoms with Gasteiger partial charge in [-0.15, -0.1) is 0 Å². The Labute approximate surface area is 106 Å². The molecule has 0 amide bonds. The standard InChI is InChI=1S/C16H25N/c1-4-5-12(2)13-6-7-15-11-16(17-3)9-8-14(15)10-13/h6-7,10,12,16-17H,4-5,8-9,11H2,1-3H3. The molecule has 1 aromatic rings. The number of nitrogens with one attached hydrogen (secondary N) is 1. The van der Waals surface area contributed by atoms with Gasteiger partial charge in [0, 0.05) is 6.04 Å². The fraction of sp³-hybridized carbons (Fsp3) is 0.625. The van der Waals surface area contributed by atoms with Crippen LogP contribution in [0.4, 0.5) is 0 Å². The number of likely N-dealkylation sites (N-methyl/N-ethyl adjacent to an activating group) is 1. The van der Waals surface area contributed by atoms with Gasteiger partial charge in [-0.05, 0) is 55.3 Å². The van der Waals surface area contributed by atoms with Crippen molar-refractivity contribution in [3.05, 3.63) is 34.9 Å². The first-order chi connectivity index (χ1) is 8.24. The maximum atomic E-state index is 3.40. The molecule has 0 radical (unpaired) electrons. The molecule has 1 aliphatic rings. The molecule has 1 aliphatic carbocycles.